The number of aromatic nitrogens is 2. The van der Waals surface area contributed by atoms with E-state index in [9.17, 15) is 32.3 Å². The van der Waals surface area contributed by atoms with E-state index in [0.29, 0.717) is 5.82 Å². The molecule has 3 N–H and O–H groups in total. The van der Waals surface area contributed by atoms with E-state index in [-0.39, 0.29) is 17.2 Å². The van der Waals surface area contributed by atoms with Crippen LogP contribution in [0.2, 0.25) is 0 Å². The minimum atomic E-state index is -5.07. The molecule has 1 heterocycles. The fourth-order valence-electron chi connectivity index (χ4n) is 2.92. The molecule has 0 aliphatic heterocycles. The first-order chi connectivity index (χ1) is 13.8. The van der Waals surface area contributed by atoms with Crippen LogP contribution in [-0.2, 0) is 0 Å². The topological polar surface area (TPSA) is 104 Å². The number of aliphatic hydroxyl groups is 1. The van der Waals surface area contributed by atoms with E-state index in [1.807, 2.05) is 0 Å². The quantitative estimate of drug-likeness (QED) is 0.613. The number of amides is 1. The summed E-state index contributed by atoms with van der Waals surface area (Å²) in [5.74, 6) is -2.71. The summed E-state index contributed by atoms with van der Waals surface area (Å²) in [4.78, 5) is 31.2. The Labute approximate surface area is 168 Å². The lowest BCUT2D eigenvalue weighted by Crippen LogP contribution is -2.42. The summed E-state index contributed by atoms with van der Waals surface area (Å²) in [5, 5.41) is 12.9. The molecular weight excluding hydrogens is 410 g/mol. The predicted molar refractivity (Wildman–Crippen MR) is 96.4 cm³/mol. The highest BCUT2D eigenvalue weighted by atomic mass is 19.4. The Morgan fingerprint density at radius 2 is 1.97 bits per heavy atom. The van der Waals surface area contributed by atoms with Crippen molar-refractivity contribution in [3.8, 4) is 5.75 Å². The van der Waals surface area contributed by atoms with Crippen molar-refractivity contribution in [2.75, 3.05) is 0 Å². The largest absolute Gasteiger partial charge is 0.573 e. The van der Waals surface area contributed by atoms with Crippen LogP contribution in [0, 0.1) is 5.82 Å². The fraction of sp³-hybridized carbons (Fsp3) is 0.421. The number of benzene rings is 1. The maximum atomic E-state index is 14.1. The fourth-order valence-corrected chi connectivity index (χ4v) is 2.92. The van der Waals surface area contributed by atoms with Crippen LogP contribution in [0.4, 0.5) is 17.6 Å². The number of ether oxygens (including phenoxy) is 1. The summed E-state index contributed by atoms with van der Waals surface area (Å²) in [5.41, 5.74) is -2.34. The monoisotopic (exact) mass is 429 g/mol. The first kappa shape index (κ1) is 21.8. The number of nitrogens with one attached hydrogen (secondary N) is 2. The molecule has 1 fully saturated rings. The molecule has 162 valence electrons. The van der Waals surface area contributed by atoms with Gasteiger partial charge in [-0.2, -0.15) is 0 Å². The third-order valence-corrected chi connectivity index (χ3v) is 4.45. The molecule has 1 amide bonds. The van der Waals surface area contributed by atoms with Crippen molar-refractivity contribution in [2.45, 2.75) is 50.6 Å². The second kappa shape index (κ2) is 7.71. The van der Waals surface area contributed by atoms with Gasteiger partial charge in [0.15, 0.2) is 11.6 Å². The molecule has 0 spiro atoms. The maximum Gasteiger partial charge on any atom is 0.573 e. The van der Waals surface area contributed by atoms with Gasteiger partial charge in [-0.25, -0.2) is 9.37 Å². The summed E-state index contributed by atoms with van der Waals surface area (Å²) in [6.07, 6.45) is -3.39. The van der Waals surface area contributed by atoms with Gasteiger partial charge in [-0.15, -0.1) is 13.2 Å². The third-order valence-electron chi connectivity index (χ3n) is 4.45. The van der Waals surface area contributed by atoms with Gasteiger partial charge in [-0.3, -0.25) is 9.59 Å². The molecule has 0 radical (unpaired) electrons. The summed E-state index contributed by atoms with van der Waals surface area (Å²) < 4.78 is 54.7. The molecule has 1 aromatic carbocycles. The molecule has 1 aliphatic carbocycles. The van der Waals surface area contributed by atoms with Crippen LogP contribution >= 0.6 is 0 Å². The second-order valence-corrected chi connectivity index (χ2v) is 7.59. The van der Waals surface area contributed by atoms with Gasteiger partial charge in [0, 0.05) is 12.0 Å². The van der Waals surface area contributed by atoms with E-state index < -0.39 is 41.0 Å². The number of carbonyl (C=O) groups is 1. The lowest BCUT2D eigenvalue weighted by Gasteiger charge is -2.30. The molecule has 7 nitrogen and oxygen atoms in total. The van der Waals surface area contributed by atoms with Crippen LogP contribution in [0.25, 0.3) is 0 Å². The van der Waals surface area contributed by atoms with Gasteiger partial charge < -0.3 is 20.1 Å². The molecule has 11 heteroatoms. The predicted octanol–water partition coefficient (Wildman–Crippen LogP) is 2.93. The van der Waals surface area contributed by atoms with Gasteiger partial charge >= 0.3 is 6.36 Å². The minimum Gasteiger partial charge on any atom is -0.403 e. The molecule has 1 aromatic heterocycles. The molecular formula is C19H19F4N3O4. The Bertz CT molecular complexity index is 1010. The number of aromatic amines is 1. The van der Waals surface area contributed by atoms with Crippen molar-refractivity contribution < 1.29 is 32.2 Å². The SMILES string of the molecule is CC(C)(O)[C@@H](NC(=O)c1cc(=O)[nH]c(C2CC2)n1)c1ccc(OC(F)(F)F)c(F)c1. The van der Waals surface area contributed by atoms with Crippen molar-refractivity contribution in [1.82, 2.24) is 15.3 Å². The molecule has 1 aliphatic rings. The number of halogens is 4. The zero-order valence-electron chi connectivity index (χ0n) is 16.0. The number of carbonyl (C=O) groups excluding carboxylic acids is 1. The Balaban J connectivity index is 1.88. The van der Waals surface area contributed by atoms with Crippen LogP contribution in [0.15, 0.2) is 29.1 Å². The number of hydrogen-bond donors (Lipinski definition) is 3. The average Bonchev–Trinajstić information content (AvgIpc) is 3.44. The smallest absolute Gasteiger partial charge is 0.403 e. The highest BCUT2D eigenvalue weighted by Crippen LogP contribution is 2.37. The zero-order chi connectivity index (χ0) is 22.3. The van der Waals surface area contributed by atoms with Gasteiger partial charge in [0.25, 0.3) is 11.5 Å². The van der Waals surface area contributed by atoms with Crippen LogP contribution in [0.1, 0.15) is 60.5 Å². The van der Waals surface area contributed by atoms with Crippen LogP contribution in [0.3, 0.4) is 0 Å². The number of hydrogen-bond acceptors (Lipinski definition) is 5. The third kappa shape index (κ3) is 5.35. The number of alkyl halides is 3. The maximum absolute atomic E-state index is 14.1. The molecule has 0 bridgehead atoms. The normalized spacial score (nSPS) is 15.6. The summed E-state index contributed by atoms with van der Waals surface area (Å²) >= 11 is 0. The lowest BCUT2D eigenvalue weighted by molar-refractivity contribution is -0.275. The highest BCUT2D eigenvalue weighted by Gasteiger charge is 2.35. The van der Waals surface area contributed by atoms with Crippen molar-refractivity contribution in [3.63, 3.8) is 0 Å². The van der Waals surface area contributed by atoms with E-state index >= 15 is 0 Å². The number of nitrogens with zero attached hydrogens (tertiary/aromatic N) is 1. The van der Waals surface area contributed by atoms with Gasteiger partial charge in [0.05, 0.1) is 11.6 Å². The van der Waals surface area contributed by atoms with Gasteiger partial charge in [0.2, 0.25) is 0 Å². The molecule has 30 heavy (non-hydrogen) atoms. The average molecular weight is 429 g/mol. The molecule has 2 aromatic rings. The Kier molecular flexibility index (Phi) is 5.59. The Morgan fingerprint density at radius 3 is 2.50 bits per heavy atom. The summed E-state index contributed by atoms with van der Waals surface area (Å²) in [6, 6.07) is 2.34. The van der Waals surface area contributed by atoms with E-state index in [2.05, 4.69) is 20.0 Å². The minimum absolute atomic E-state index is 0.00451. The molecule has 0 saturated heterocycles. The van der Waals surface area contributed by atoms with Crippen molar-refractivity contribution in [3.05, 3.63) is 57.5 Å². The Hall–Kier alpha value is -2.95. The summed E-state index contributed by atoms with van der Waals surface area (Å²) in [6.45, 7) is 2.66. The molecule has 1 atom stereocenters. The van der Waals surface area contributed by atoms with Gasteiger partial charge in [-0.05, 0) is 44.4 Å². The lowest BCUT2D eigenvalue weighted by atomic mass is 9.91. The Morgan fingerprint density at radius 1 is 1.30 bits per heavy atom. The number of H-pyrrole nitrogens is 1. The van der Waals surface area contributed by atoms with E-state index in [0.717, 1.165) is 37.1 Å². The van der Waals surface area contributed by atoms with E-state index in [1.54, 1.807) is 0 Å². The standard InChI is InChI=1S/C19H19F4N3O4/c1-18(2,29)15(10-5-6-13(11(20)7-10)30-19(21,22)23)26-17(28)12-8-14(27)25-16(24-12)9-3-4-9/h5-9,15,29H,3-4H2,1-2H3,(H,26,28)(H,24,25,27)/t15-/m0/s1. The second-order valence-electron chi connectivity index (χ2n) is 7.59. The van der Waals surface area contributed by atoms with Crippen molar-refractivity contribution in [2.24, 2.45) is 0 Å². The van der Waals surface area contributed by atoms with Gasteiger partial charge in [0.1, 0.15) is 11.5 Å². The van der Waals surface area contributed by atoms with E-state index in [1.165, 1.54) is 13.8 Å². The number of rotatable bonds is 6. The van der Waals surface area contributed by atoms with Crippen LogP contribution in [0.5, 0.6) is 5.75 Å². The summed E-state index contributed by atoms with van der Waals surface area (Å²) in [7, 11) is 0. The van der Waals surface area contributed by atoms with Crippen LogP contribution < -0.4 is 15.6 Å². The first-order valence-corrected chi connectivity index (χ1v) is 9.03. The van der Waals surface area contributed by atoms with E-state index in [4.69, 9.17) is 0 Å². The zero-order valence-corrected chi connectivity index (χ0v) is 16.0. The van der Waals surface area contributed by atoms with Crippen LogP contribution in [-0.4, -0.2) is 32.9 Å². The highest BCUT2D eigenvalue weighted by molar-refractivity contribution is 5.92. The van der Waals surface area contributed by atoms with Crippen molar-refractivity contribution >= 4 is 5.91 Å². The molecule has 3 rings (SSSR count). The van der Waals surface area contributed by atoms with Crippen molar-refractivity contribution in [1.29, 1.82) is 0 Å². The van der Waals surface area contributed by atoms with Gasteiger partial charge in [-0.1, -0.05) is 6.07 Å². The molecule has 0 unspecified atom stereocenters. The first-order valence-electron chi connectivity index (χ1n) is 9.03. The molecule has 1 saturated carbocycles.